The molecule has 0 saturated heterocycles. The Bertz CT molecular complexity index is 1070. The molecule has 1 aliphatic carbocycles. The molecule has 0 heterocycles. The van der Waals surface area contributed by atoms with E-state index in [2.05, 4.69) is 51.6 Å². The molecule has 6 nitrogen and oxygen atoms in total. The molecule has 0 N–H and O–H groups in total. The van der Waals surface area contributed by atoms with Crippen molar-refractivity contribution in [2.75, 3.05) is 18.6 Å². The van der Waals surface area contributed by atoms with Gasteiger partial charge < -0.3 is 9.57 Å². The zero-order valence-corrected chi connectivity index (χ0v) is 20.1. The van der Waals surface area contributed by atoms with Gasteiger partial charge in [-0.1, -0.05) is 51.6 Å². The number of oxime groups is 1. The van der Waals surface area contributed by atoms with E-state index in [-0.39, 0.29) is 23.3 Å². The number of amides is 1. The van der Waals surface area contributed by atoms with Gasteiger partial charge in [0, 0.05) is 11.4 Å². The standard InChI is InChI=1S/C27H32N2O4/c1-7-16-33-25(31)19-8-10-20(11-9-19)29(24(30)18-28-32-6)21-12-13-22-23(17-21)27(4,5)15-14-26(22,2)3/h7-13,17-18H,1,14-16H2,2-6H3. The summed E-state index contributed by atoms with van der Waals surface area (Å²) in [4.78, 5) is 31.5. The van der Waals surface area contributed by atoms with Crippen LogP contribution >= 0.6 is 0 Å². The van der Waals surface area contributed by atoms with Crippen molar-refractivity contribution < 1.29 is 19.2 Å². The first kappa shape index (κ1) is 24.2. The van der Waals surface area contributed by atoms with Crippen molar-refractivity contribution >= 4 is 29.5 Å². The Labute approximate surface area is 195 Å². The summed E-state index contributed by atoms with van der Waals surface area (Å²) in [5, 5.41) is 3.66. The summed E-state index contributed by atoms with van der Waals surface area (Å²) in [6.45, 7) is 12.7. The van der Waals surface area contributed by atoms with E-state index in [0.29, 0.717) is 11.3 Å². The second kappa shape index (κ2) is 9.61. The van der Waals surface area contributed by atoms with E-state index in [9.17, 15) is 9.59 Å². The first-order chi connectivity index (χ1) is 15.6. The van der Waals surface area contributed by atoms with E-state index in [1.54, 1.807) is 29.2 Å². The van der Waals surface area contributed by atoms with Crippen molar-refractivity contribution in [2.24, 2.45) is 5.16 Å². The van der Waals surface area contributed by atoms with Crippen LogP contribution in [0.3, 0.4) is 0 Å². The van der Waals surface area contributed by atoms with E-state index < -0.39 is 5.97 Å². The number of hydrogen-bond donors (Lipinski definition) is 0. The minimum absolute atomic E-state index is 0.00499. The van der Waals surface area contributed by atoms with Gasteiger partial charge in [-0.3, -0.25) is 9.69 Å². The van der Waals surface area contributed by atoms with Crippen molar-refractivity contribution in [3.05, 3.63) is 71.8 Å². The summed E-state index contributed by atoms with van der Waals surface area (Å²) in [6.07, 6.45) is 4.83. The molecule has 0 radical (unpaired) electrons. The largest absolute Gasteiger partial charge is 0.458 e. The number of hydrogen-bond acceptors (Lipinski definition) is 5. The maximum absolute atomic E-state index is 13.1. The number of fused-ring (bicyclic) bond motifs is 1. The third-order valence-electron chi connectivity index (χ3n) is 6.28. The smallest absolute Gasteiger partial charge is 0.338 e. The zero-order chi connectivity index (χ0) is 24.2. The fourth-order valence-electron chi connectivity index (χ4n) is 4.24. The van der Waals surface area contributed by atoms with Crippen LogP contribution in [-0.2, 0) is 25.2 Å². The number of rotatable bonds is 7. The lowest BCUT2D eigenvalue weighted by Gasteiger charge is -2.42. The van der Waals surface area contributed by atoms with Crippen LogP contribution in [0, 0.1) is 0 Å². The van der Waals surface area contributed by atoms with Gasteiger partial charge in [0.1, 0.15) is 19.9 Å². The van der Waals surface area contributed by atoms with Gasteiger partial charge in [-0.2, -0.15) is 0 Å². The van der Waals surface area contributed by atoms with Gasteiger partial charge in [-0.25, -0.2) is 4.79 Å². The normalized spacial score (nSPS) is 16.0. The van der Waals surface area contributed by atoms with Gasteiger partial charge in [0.25, 0.3) is 5.91 Å². The Hall–Kier alpha value is -3.41. The lowest BCUT2D eigenvalue weighted by molar-refractivity contribution is -0.111. The predicted molar refractivity (Wildman–Crippen MR) is 131 cm³/mol. The molecule has 0 fully saturated rings. The Balaban J connectivity index is 2.06. The molecule has 6 heteroatoms. The molecule has 0 atom stereocenters. The number of esters is 1. The Kier molecular flexibility index (Phi) is 7.06. The molecular formula is C27H32N2O4. The second-order valence-corrected chi connectivity index (χ2v) is 9.52. The topological polar surface area (TPSA) is 68.2 Å². The quantitative estimate of drug-likeness (QED) is 0.237. The van der Waals surface area contributed by atoms with Crippen LogP contribution in [0.5, 0.6) is 0 Å². The van der Waals surface area contributed by atoms with Gasteiger partial charge in [-0.15, -0.1) is 0 Å². The van der Waals surface area contributed by atoms with Gasteiger partial charge in [-0.05, 0) is 71.2 Å². The monoisotopic (exact) mass is 448 g/mol. The molecule has 33 heavy (non-hydrogen) atoms. The van der Waals surface area contributed by atoms with Crippen LogP contribution in [0.2, 0.25) is 0 Å². The molecule has 0 bridgehead atoms. The highest BCUT2D eigenvalue weighted by molar-refractivity contribution is 6.34. The van der Waals surface area contributed by atoms with Crippen LogP contribution in [0.4, 0.5) is 11.4 Å². The number of benzene rings is 2. The molecule has 0 unspecified atom stereocenters. The first-order valence-corrected chi connectivity index (χ1v) is 11.0. The summed E-state index contributed by atoms with van der Waals surface area (Å²) >= 11 is 0. The lowest BCUT2D eigenvalue weighted by Crippen LogP contribution is -2.34. The lowest BCUT2D eigenvalue weighted by atomic mass is 9.63. The van der Waals surface area contributed by atoms with Crippen LogP contribution in [0.15, 0.2) is 60.3 Å². The minimum atomic E-state index is -0.446. The summed E-state index contributed by atoms with van der Waals surface area (Å²) in [5.41, 5.74) is 4.35. The molecule has 0 aromatic heterocycles. The van der Waals surface area contributed by atoms with Crippen molar-refractivity contribution in [1.82, 2.24) is 0 Å². The van der Waals surface area contributed by atoms with Gasteiger partial charge >= 0.3 is 5.97 Å². The zero-order valence-electron chi connectivity index (χ0n) is 20.1. The van der Waals surface area contributed by atoms with Crippen molar-refractivity contribution in [2.45, 2.75) is 51.4 Å². The molecule has 1 aliphatic rings. The number of carbonyl (C=O) groups is 2. The van der Waals surface area contributed by atoms with Crippen LogP contribution in [0.25, 0.3) is 0 Å². The van der Waals surface area contributed by atoms with E-state index in [1.165, 1.54) is 24.3 Å². The Morgan fingerprint density at radius 2 is 1.61 bits per heavy atom. The molecule has 2 aromatic rings. The van der Waals surface area contributed by atoms with Gasteiger partial charge in [0.05, 0.1) is 5.56 Å². The number of nitrogens with zero attached hydrogens (tertiary/aromatic N) is 2. The third kappa shape index (κ3) is 5.16. The molecule has 1 amide bonds. The first-order valence-electron chi connectivity index (χ1n) is 11.0. The number of ether oxygens (including phenoxy) is 1. The van der Waals surface area contributed by atoms with Crippen molar-refractivity contribution in [3.8, 4) is 0 Å². The second-order valence-electron chi connectivity index (χ2n) is 9.52. The summed E-state index contributed by atoms with van der Waals surface area (Å²) in [7, 11) is 1.39. The molecule has 2 aromatic carbocycles. The van der Waals surface area contributed by atoms with Gasteiger partial charge in [0.2, 0.25) is 0 Å². The van der Waals surface area contributed by atoms with Crippen molar-refractivity contribution in [1.29, 1.82) is 0 Å². The van der Waals surface area contributed by atoms with E-state index in [1.807, 2.05) is 6.07 Å². The molecule has 174 valence electrons. The van der Waals surface area contributed by atoms with E-state index in [0.717, 1.165) is 24.7 Å². The highest BCUT2D eigenvalue weighted by Crippen LogP contribution is 2.47. The molecule has 0 aliphatic heterocycles. The molecule has 0 spiro atoms. The Morgan fingerprint density at radius 1 is 1.00 bits per heavy atom. The fraction of sp³-hybridized carbons (Fsp3) is 0.370. The number of carbonyl (C=O) groups excluding carboxylic acids is 2. The highest BCUT2D eigenvalue weighted by Gasteiger charge is 2.37. The summed E-state index contributed by atoms with van der Waals surface area (Å²) < 4.78 is 5.09. The van der Waals surface area contributed by atoms with E-state index >= 15 is 0 Å². The summed E-state index contributed by atoms with van der Waals surface area (Å²) in [5.74, 6) is -0.801. The molecular weight excluding hydrogens is 416 g/mol. The maximum atomic E-state index is 13.1. The van der Waals surface area contributed by atoms with Crippen LogP contribution in [-0.4, -0.2) is 31.8 Å². The predicted octanol–water partition coefficient (Wildman–Crippen LogP) is 5.68. The Morgan fingerprint density at radius 3 is 2.21 bits per heavy atom. The minimum Gasteiger partial charge on any atom is -0.458 e. The maximum Gasteiger partial charge on any atom is 0.338 e. The molecule has 0 saturated carbocycles. The number of anilines is 2. The van der Waals surface area contributed by atoms with Crippen LogP contribution < -0.4 is 4.90 Å². The highest BCUT2D eigenvalue weighted by atomic mass is 16.6. The third-order valence-corrected chi connectivity index (χ3v) is 6.28. The van der Waals surface area contributed by atoms with Crippen LogP contribution in [0.1, 0.15) is 62.0 Å². The molecule has 3 rings (SSSR count). The van der Waals surface area contributed by atoms with E-state index in [4.69, 9.17) is 9.57 Å². The van der Waals surface area contributed by atoms with Gasteiger partial charge in [0.15, 0.2) is 0 Å². The van der Waals surface area contributed by atoms with Crippen molar-refractivity contribution in [3.63, 3.8) is 0 Å². The summed E-state index contributed by atoms with van der Waals surface area (Å²) in [6, 6.07) is 12.9. The average Bonchev–Trinajstić information content (AvgIpc) is 2.80. The SMILES string of the molecule is C=CCOC(=O)c1ccc(N(C(=O)C=NOC)c2ccc3c(c2)C(C)(C)CCC3(C)C)cc1. The average molecular weight is 449 g/mol. The fourth-order valence-corrected chi connectivity index (χ4v) is 4.24.